The van der Waals surface area contributed by atoms with Gasteiger partial charge in [-0.05, 0) is 36.6 Å². The fourth-order valence-electron chi connectivity index (χ4n) is 4.57. The van der Waals surface area contributed by atoms with Gasteiger partial charge in [-0.2, -0.15) is 0 Å². The Morgan fingerprint density at radius 3 is 2.67 bits per heavy atom. The number of likely N-dealkylation sites (N-methyl/N-ethyl adjacent to an activating group) is 1. The number of piperidine rings is 1. The van der Waals surface area contributed by atoms with E-state index in [1.165, 1.54) is 0 Å². The zero-order valence-electron chi connectivity index (χ0n) is 19.3. The molecule has 0 spiro atoms. The topological polar surface area (TPSA) is 60.3 Å². The van der Waals surface area contributed by atoms with E-state index in [0.717, 1.165) is 45.3 Å². The zero-order chi connectivity index (χ0) is 22.9. The molecule has 0 aliphatic carbocycles. The first-order chi connectivity index (χ1) is 16.0. The highest BCUT2D eigenvalue weighted by Crippen LogP contribution is 2.33. The number of likely N-dealkylation sites (tertiary alicyclic amines) is 1. The largest absolute Gasteiger partial charge is 0.472 e. The van der Waals surface area contributed by atoms with Crippen LogP contribution in [0.2, 0.25) is 0 Å². The maximum atomic E-state index is 11.9. The third-order valence-corrected chi connectivity index (χ3v) is 6.41. The van der Waals surface area contributed by atoms with Gasteiger partial charge in [0.15, 0.2) is 0 Å². The van der Waals surface area contributed by atoms with E-state index in [0.29, 0.717) is 25.5 Å². The molecule has 1 unspecified atom stereocenters. The lowest BCUT2D eigenvalue weighted by Crippen LogP contribution is -2.35. The number of fused-ring (bicyclic) bond motifs is 1. The zero-order valence-corrected chi connectivity index (χ0v) is 19.3. The molecule has 5 rings (SSSR count). The van der Waals surface area contributed by atoms with Crippen molar-refractivity contribution in [1.82, 2.24) is 19.7 Å². The Morgan fingerprint density at radius 2 is 1.88 bits per heavy atom. The van der Waals surface area contributed by atoms with E-state index in [-0.39, 0.29) is 11.8 Å². The number of para-hydroxylation sites is 1. The minimum atomic E-state index is 0.203. The predicted octanol–water partition coefficient (Wildman–Crippen LogP) is 4.86. The Kier molecular flexibility index (Phi) is 5.58. The fourth-order valence-corrected chi connectivity index (χ4v) is 4.57. The third kappa shape index (κ3) is 4.33. The summed E-state index contributed by atoms with van der Waals surface area (Å²) in [4.78, 5) is 18.5. The minimum Gasteiger partial charge on any atom is -0.472 e. The van der Waals surface area contributed by atoms with Crippen LogP contribution in [0.4, 0.5) is 0 Å². The molecule has 1 fully saturated rings. The van der Waals surface area contributed by atoms with Gasteiger partial charge in [-0.25, -0.2) is 4.98 Å². The summed E-state index contributed by atoms with van der Waals surface area (Å²) in [7, 11) is 3.76. The molecule has 1 atom stereocenters. The number of benzene rings is 2. The van der Waals surface area contributed by atoms with Gasteiger partial charge in [-0.3, -0.25) is 9.48 Å². The lowest BCUT2D eigenvalue weighted by atomic mass is 9.92. The number of aromatic nitrogens is 3. The van der Waals surface area contributed by atoms with Crippen molar-refractivity contribution in [3.63, 3.8) is 0 Å². The second-order valence-corrected chi connectivity index (χ2v) is 8.91. The van der Waals surface area contributed by atoms with E-state index >= 15 is 0 Å². The van der Waals surface area contributed by atoms with Crippen molar-refractivity contribution >= 4 is 16.8 Å². The highest BCUT2D eigenvalue weighted by atomic mass is 16.5. The quantitative estimate of drug-likeness (QED) is 0.445. The number of pyridine rings is 1. The SMILES string of the molecule is Cc1cc2ccccc2nc1-c1ccc(COc2nn(C)cc2C2CCC(=O)N(C)C2)cc1. The summed E-state index contributed by atoms with van der Waals surface area (Å²) in [6, 6.07) is 18.8. The number of nitrogens with zero attached hydrogens (tertiary/aromatic N) is 4. The molecule has 168 valence electrons. The summed E-state index contributed by atoms with van der Waals surface area (Å²) in [6.45, 7) is 3.24. The van der Waals surface area contributed by atoms with Crippen molar-refractivity contribution in [2.24, 2.45) is 7.05 Å². The van der Waals surface area contributed by atoms with E-state index < -0.39 is 0 Å². The molecule has 3 heterocycles. The number of carbonyl (C=O) groups is 1. The van der Waals surface area contributed by atoms with E-state index in [4.69, 9.17) is 9.72 Å². The molecule has 6 nitrogen and oxygen atoms in total. The van der Waals surface area contributed by atoms with Crippen molar-refractivity contribution in [2.45, 2.75) is 32.3 Å². The molecule has 1 amide bonds. The van der Waals surface area contributed by atoms with Crippen molar-refractivity contribution in [3.8, 4) is 17.1 Å². The number of hydrogen-bond acceptors (Lipinski definition) is 4. The van der Waals surface area contributed by atoms with Gasteiger partial charge in [0.2, 0.25) is 11.8 Å². The highest BCUT2D eigenvalue weighted by Gasteiger charge is 2.28. The number of carbonyl (C=O) groups excluding carboxylic acids is 1. The van der Waals surface area contributed by atoms with Crippen LogP contribution in [-0.2, 0) is 18.4 Å². The number of rotatable bonds is 5. The average Bonchev–Trinajstić information content (AvgIpc) is 3.20. The first-order valence-corrected chi connectivity index (χ1v) is 11.3. The summed E-state index contributed by atoms with van der Waals surface area (Å²) >= 11 is 0. The number of hydrogen-bond donors (Lipinski definition) is 0. The van der Waals surface area contributed by atoms with Crippen LogP contribution in [0, 0.1) is 6.92 Å². The second-order valence-electron chi connectivity index (χ2n) is 8.91. The lowest BCUT2D eigenvalue weighted by molar-refractivity contribution is -0.132. The van der Waals surface area contributed by atoms with Crippen molar-refractivity contribution in [1.29, 1.82) is 0 Å². The minimum absolute atomic E-state index is 0.203. The Bertz CT molecular complexity index is 1310. The normalized spacial score (nSPS) is 16.4. The average molecular weight is 441 g/mol. The van der Waals surface area contributed by atoms with Crippen LogP contribution in [0.25, 0.3) is 22.2 Å². The molecule has 4 aromatic rings. The fraction of sp³-hybridized carbons (Fsp3) is 0.296. The van der Waals surface area contributed by atoms with Gasteiger partial charge >= 0.3 is 0 Å². The Morgan fingerprint density at radius 1 is 1.09 bits per heavy atom. The number of aryl methyl sites for hydroxylation is 2. The van der Waals surface area contributed by atoms with E-state index in [2.05, 4.69) is 48.4 Å². The lowest BCUT2D eigenvalue weighted by Gasteiger charge is -2.29. The van der Waals surface area contributed by atoms with Crippen LogP contribution in [0.15, 0.2) is 60.8 Å². The summed E-state index contributed by atoms with van der Waals surface area (Å²) < 4.78 is 7.93. The molecule has 0 bridgehead atoms. The molecule has 33 heavy (non-hydrogen) atoms. The molecule has 0 N–H and O–H groups in total. The van der Waals surface area contributed by atoms with Crippen LogP contribution >= 0.6 is 0 Å². The molecule has 0 saturated carbocycles. The van der Waals surface area contributed by atoms with Crippen molar-refractivity contribution in [3.05, 3.63) is 77.5 Å². The maximum absolute atomic E-state index is 11.9. The van der Waals surface area contributed by atoms with E-state index in [1.54, 1.807) is 9.58 Å². The first kappa shape index (κ1) is 21.2. The highest BCUT2D eigenvalue weighted by molar-refractivity contribution is 5.83. The van der Waals surface area contributed by atoms with Gasteiger partial charge in [-0.1, -0.05) is 42.5 Å². The van der Waals surface area contributed by atoms with Crippen LogP contribution in [-0.4, -0.2) is 39.2 Å². The van der Waals surface area contributed by atoms with Gasteiger partial charge in [-0.15, -0.1) is 5.10 Å². The maximum Gasteiger partial charge on any atom is 0.236 e. The molecule has 2 aromatic carbocycles. The molecule has 1 saturated heterocycles. The summed E-state index contributed by atoms with van der Waals surface area (Å²) in [5.74, 6) is 1.11. The molecule has 1 aliphatic heterocycles. The van der Waals surface area contributed by atoms with Crippen molar-refractivity contribution < 1.29 is 9.53 Å². The third-order valence-electron chi connectivity index (χ3n) is 6.41. The summed E-state index contributed by atoms with van der Waals surface area (Å²) in [5, 5.41) is 5.69. The predicted molar refractivity (Wildman–Crippen MR) is 129 cm³/mol. The molecular weight excluding hydrogens is 412 g/mol. The summed E-state index contributed by atoms with van der Waals surface area (Å²) in [5.41, 5.74) is 6.41. The van der Waals surface area contributed by atoms with E-state index in [1.807, 2.05) is 38.5 Å². The van der Waals surface area contributed by atoms with Gasteiger partial charge in [0, 0.05) is 55.7 Å². The van der Waals surface area contributed by atoms with E-state index in [9.17, 15) is 4.79 Å². The van der Waals surface area contributed by atoms with Crippen LogP contribution in [0.1, 0.15) is 35.4 Å². The molecular formula is C27H28N4O2. The monoisotopic (exact) mass is 440 g/mol. The summed E-state index contributed by atoms with van der Waals surface area (Å²) in [6.07, 6.45) is 3.41. The second kappa shape index (κ2) is 8.70. The van der Waals surface area contributed by atoms with Crippen LogP contribution in [0.5, 0.6) is 5.88 Å². The number of ether oxygens (including phenoxy) is 1. The van der Waals surface area contributed by atoms with Gasteiger partial charge < -0.3 is 9.64 Å². The molecule has 1 aliphatic rings. The molecule has 2 aromatic heterocycles. The van der Waals surface area contributed by atoms with Gasteiger partial charge in [0.05, 0.1) is 11.2 Å². The Labute approximate surface area is 193 Å². The smallest absolute Gasteiger partial charge is 0.236 e. The van der Waals surface area contributed by atoms with Crippen LogP contribution < -0.4 is 4.74 Å². The molecule has 0 radical (unpaired) electrons. The van der Waals surface area contributed by atoms with Crippen LogP contribution in [0.3, 0.4) is 0 Å². The van der Waals surface area contributed by atoms with Crippen molar-refractivity contribution in [2.75, 3.05) is 13.6 Å². The van der Waals surface area contributed by atoms with Gasteiger partial charge in [0.25, 0.3) is 0 Å². The Balaban J connectivity index is 1.31. The first-order valence-electron chi connectivity index (χ1n) is 11.3. The van der Waals surface area contributed by atoms with Gasteiger partial charge in [0.1, 0.15) is 6.61 Å². The standard InChI is InChI=1S/C27H28N4O2/c1-18-14-21-6-4-5-7-24(21)28-26(18)20-10-8-19(9-11-20)17-33-27-23(16-31(3)29-27)22-12-13-25(32)30(2)15-22/h4-11,14,16,22H,12-13,15,17H2,1-3H3. The molecule has 6 heteroatoms. The Hall–Kier alpha value is -3.67. The number of amides is 1.